The summed E-state index contributed by atoms with van der Waals surface area (Å²) in [5.74, 6) is 1.07. The Balaban J connectivity index is 1.60. The van der Waals surface area contributed by atoms with Crippen LogP contribution in [0.15, 0.2) is 89.0 Å². The first-order valence-corrected chi connectivity index (χ1v) is 10.5. The lowest BCUT2D eigenvalue weighted by Crippen LogP contribution is -2.17. The molecule has 1 aliphatic rings. The lowest BCUT2D eigenvalue weighted by molar-refractivity contribution is 0.331. The van der Waals surface area contributed by atoms with Crippen molar-refractivity contribution in [1.82, 2.24) is 10.2 Å². The maximum atomic E-state index is 9.76. The van der Waals surface area contributed by atoms with Crippen LogP contribution in [-0.4, -0.2) is 31.2 Å². The summed E-state index contributed by atoms with van der Waals surface area (Å²) in [5.41, 5.74) is 1.84. The summed E-state index contributed by atoms with van der Waals surface area (Å²) >= 11 is 0. The van der Waals surface area contributed by atoms with Gasteiger partial charge in [0.25, 0.3) is 5.76 Å². The highest BCUT2D eigenvalue weighted by atomic mass is 16.4. The molecule has 1 heterocycles. The Morgan fingerprint density at radius 1 is 0.848 bits per heavy atom. The quantitative estimate of drug-likeness (QED) is 0.233. The van der Waals surface area contributed by atoms with Crippen LogP contribution in [0.3, 0.4) is 0 Å². The van der Waals surface area contributed by atoms with Crippen molar-refractivity contribution < 1.29 is 19.7 Å². The molecule has 0 aliphatic heterocycles. The van der Waals surface area contributed by atoms with Gasteiger partial charge in [-0.3, -0.25) is 5.41 Å². The first kappa shape index (κ1) is 20.5. The van der Waals surface area contributed by atoms with Gasteiger partial charge in [-0.1, -0.05) is 36.4 Å². The highest BCUT2D eigenvalue weighted by Gasteiger charge is 2.58. The molecule has 164 valence electrons. The maximum absolute atomic E-state index is 9.76. The highest BCUT2D eigenvalue weighted by molar-refractivity contribution is 6.31. The molecule has 5 N–H and O–H groups in total. The number of aromatic nitrogens is 2. The first-order chi connectivity index (χ1) is 16.0. The second kappa shape index (κ2) is 7.94. The zero-order valence-corrected chi connectivity index (χ0v) is 17.6. The zero-order chi connectivity index (χ0) is 23.0. The minimum absolute atomic E-state index is 0.100. The van der Waals surface area contributed by atoms with Crippen molar-refractivity contribution in [3.63, 3.8) is 0 Å². The van der Waals surface area contributed by atoms with Crippen molar-refractivity contribution in [1.29, 1.82) is 5.41 Å². The molecular formula is C26H22N3O4+. The van der Waals surface area contributed by atoms with Crippen molar-refractivity contribution >= 4 is 11.3 Å². The van der Waals surface area contributed by atoms with Crippen LogP contribution in [0, 0.1) is 5.41 Å². The third kappa shape index (κ3) is 3.74. The van der Waals surface area contributed by atoms with E-state index in [2.05, 4.69) is 10.2 Å². The van der Waals surface area contributed by atoms with Gasteiger partial charge in [0.15, 0.2) is 5.41 Å². The van der Waals surface area contributed by atoms with Gasteiger partial charge in [-0.25, -0.2) is 0 Å². The molecule has 0 atom stereocenters. The minimum atomic E-state index is -0.767. The highest BCUT2D eigenvalue weighted by Crippen LogP contribution is 2.54. The van der Waals surface area contributed by atoms with E-state index in [9.17, 15) is 10.2 Å². The third-order valence-corrected chi connectivity index (χ3v) is 5.87. The summed E-state index contributed by atoms with van der Waals surface area (Å²) in [6, 6.07) is 22.4. The summed E-state index contributed by atoms with van der Waals surface area (Å²) < 4.78 is 5.97. The van der Waals surface area contributed by atoms with E-state index in [4.69, 9.17) is 14.9 Å². The van der Waals surface area contributed by atoms with Gasteiger partial charge < -0.3 is 19.7 Å². The SMILES string of the molecule is N=C(/C(=C(\[OH2+])C1(c2nnc(-c3cccc(O)c3)o2)CC1)c1ccccc1)c1ccc(O)cc1. The number of hydrogen-bond acceptors (Lipinski definition) is 6. The van der Waals surface area contributed by atoms with Crippen molar-refractivity contribution in [3.05, 3.63) is 102 Å². The predicted molar refractivity (Wildman–Crippen MR) is 124 cm³/mol. The van der Waals surface area contributed by atoms with E-state index >= 15 is 0 Å². The van der Waals surface area contributed by atoms with Crippen molar-refractivity contribution in [3.8, 4) is 23.0 Å². The summed E-state index contributed by atoms with van der Waals surface area (Å²) in [6.07, 6.45) is 1.32. The second-order valence-electron chi connectivity index (χ2n) is 8.08. The smallest absolute Gasteiger partial charge is 0.254 e. The molecule has 5 rings (SSSR count). The fraction of sp³-hybridized carbons (Fsp3) is 0.115. The van der Waals surface area contributed by atoms with Gasteiger partial charge in [-0.15, -0.1) is 10.2 Å². The van der Waals surface area contributed by atoms with Gasteiger partial charge in [0.2, 0.25) is 11.8 Å². The molecule has 33 heavy (non-hydrogen) atoms. The topological polar surface area (TPSA) is 126 Å². The summed E-state index contributed by atoms with van der Waals surface area (Å²) in [7, 11) is 0. The van der Waals surface area contributed by atoms with E-state index in [0.717, 1.165) is 5.56 Å². The number of benzene rings is 3. The fourth-order valence-corrected chi connectivity index (χ4v) is 3.90. The summed E-state index contributed by atoms with van der Waals surface area (Å²) in [5, 5.41) is 45.9. The molecule has 0 bridgehead atoms. The first-order valence-electron chi connectivity index (χ1n) is 10.5. The van der Waals surface area contributed by atoms with E-state index in [-0.39, 0.29) is 28.9 Å². The predicted octanol–water partition coefficient (Wildman–Crippen LogP) is 4.38. The van der Waals surface area contributed by atoms with E-state index < -0.39 is 5.41 Å². The van der Waals surface area contributed by atoms with Crippen LogP contribution < -0.4 is 0 Å². The molecule has 0 saturated heterocycles. The number of allylic oxidation sites excluding steroid dienone is 2. The van der Waals surface area contributed by atoms with Crippen LogP contribution in [-0.2, 0) is 5.41 Å². The van der Waals surface area contributed by atoms with Crippen LogP contribution in [0.1, 0.15) is 29.9 Å². The molecule has 1 fully saturated rings. The zero-order valence-electron chi connectivity index (χ0n) is 17.6. The number of rotatable bonds is 6. The molecule has 3 aromatic carbocycles. The van der Waals surface area contributed by atoms with Crippen molar-refractivity contribution in [2.24, 2.45) is 0 Å². The summed E-state index contributed by atoms with van der Waals surface area (Å²) in [4.78, 5) is 0. The van der Waals surface area contributed by atoms with E-state index in [1.807, 2.05) is 30.3 Å². The van der Waals surface area contributed by atoms with E-state index in [1.54, 1.807) is 36.4 Å². The number of nitrogens with zero attached hydrogens (tertiary/aromatic N) is 2. The van der Waals surface area contributed by atoms with Gasteiger partial charge in [0.05, 0.1) is 11.3 Å². The van der Waals surface area contributed by atoms with Gasteiger partial charge in [0.1, 0.15) is 11.5 Å². The number of aromatic hydroxyl groups is 2. The monoisotopic (exact) mass is 440 g/mol. The normalized spacial score (nSPS) is 15.0. The van der Waals surface area contributed by atoms with Gasteiger partial charge >= 0.3 is 0 Å². The van der Waals surface area contributed by atoms with Crippen molar-refractivity contribution in [2.75, 3.05) is 0 Å². The average Bonchev–Trinajstić information content (AvgIpc) is 3.49. The molecule has 0 spiro atoms. The average molecular weight is 440 g/mol. The van der Waals surface area contributed by atoms with Crippen molar-refractivity contribution in [2.45, 2.75) is 18.3 Å². The van der Waals surface area contributed by atoms with Crippen LogP contribution >= 0.6 is 0 Å². The summed E-state index contributed by atoms with van der Waals surface area (Å²) in [6.45, 7) is 0. The Labute approximate surface area is 189 Å². The van der Waals surface area contributed by atoms with Gasteiger partial charge in [0, 0.05) is 11.1 Å². The minimum Gasteiger partial charge on any atom is -0.595 e. The van der Waals surface area contributed by atoms with Gasteiger partial charge in [-0.2, -0.15) is 0 Å². The standard InChI is InChI=1S/C26H21N3O4/c27-22(17-9-11-19(30)12-10-17)21(16-5-2-1-3-6-16)23(32)26(13-14-26)25-29-28-24(33-25)18-7-4-8-20(31)15-18/h1-12,15,27,30-32H,13-14H2/p+1/b23-21-,27-22?. The third-order valence-electron chi connectivity index (χ3n) is 5.87. The van der Waals surface area contributed by atoms with E-state index in [1.165, 1.54) is 12.1 Å². The molecule has 0 unspecified atom stereocenters. The second-order valence-corrected chi connectivity index (χ2v) is 8.08. The van der Waals surface area contributed by atoms with Crippen LogP contribution in [0.5, 0.6) is 11.5 Å². The number of hydrogen-bond donors (Lipinski definition) is 3. The van der Waals surface area contributed by atoms with Crippen LogP contribution in [0.25, 0.3) is 17.0 Å². The Bertz CT molecular complexity index is 1350. The molecule has 1 aromatic heterocycles. The molecule has 1 saturated carbocycles. The Kier molecular flexibility index (Phi) is 4.94. The number of phenols is 2. The molecule has 7 nitrogen and oxygen atoms in total. The molecular weight excluding hydrogens is 418 g/mol. The largest absolute Gasteiger partial charge is 0.595 e. The lowest BCUT2D eigenvalue weighted by Gasteiger charge is -2.15. The Morgan fingerprint density at radius 2 is 1.58 bits per heavy atom. The van der Waals surface area contributed by atoms with Gasteiger partial charge in [-0.05, 0) is 60.9 Å². The molecule has 0 amide bonds. The Hall–Kier alpha value is -4.39. The Morgan fingerprint density at radius 3 is 2.24 bits per heavy atom. The molecule has 1 aliphatic carbocycles. The fourth-order valence-electron chi connectivity index (χ4n) is 3.90. The lowest BCUT2D eigenvalue weighted by atomic mass is 9.89. The molecule has 7 heteroatoms. The van der Waals surface area contributed by atoms with E-state index in [0.29, 0.717) is 35.4 Å². The maximum Gasteiger partial charge on any atom is 0.254 e. The number of phenolic OH excluding ortho intramolecular Hbond substituents is 2. The molecule has 4 aromatic rings. The van der Waals surface area contributed by atoms with Crippen LogP contribution in [0.2, 0.25) is 0 Å². The number of nitrogens with one attached hydrogen (secondary N) is 1. The van der Waals surface area contributed by atoms with Crippen LogP contribution in [0.4, 0.5) is 0 Å². The molecule has 0 radical (unpaired) electrons.